The van der Waals surface area contributed by atoms with E-state index in [-0.39, 0.29) is 28.4 Å². The number of rotatable bonds is 4. The van der Waals surface area contributed by atoms with Gasteiger partial charge in [-0.05, 0) is 56.0 Å². The summed E-state index contributed by atoms with van der Waals surface area (Å²) in [5, 5.41) is 13.2. The molecule has 174 valence electrons. The quantitative estimate of drug-likeness (QED) is 0.641. The van der Waals surface area contributed by atoms with Gasteiger partial charge < -0.3 is 15.1 Å². The van der Waals surface area contributed by atoms with Gasteiger partial charge in [-0.3, -0.25) is 9.36 Å². The maximum absolute atomic E-state index is 14.9. The van der Waals surface area contributed by atoms with Gasteiger partial charge in [0.15, 0.2) is 0 Å². The summed E-state index contributed by atoms with van der Waals surface area (Å²) in [5.41, 5.74) is 1.18. The van der Waals surface area contributed by atoms with E-state index in [1.54, 1.807) is 22.9 Å². The Kier molecular flexibility index (Phi) is 4.64. The second kappa shape index (κ2) is 7.50. The number of anilines is 3. The first kappa shape index (κ1) is 21.1. The average molecular weight is 460 g/mol. The third-order valence-corrected chi connectivity index (χ3v) is 8.14. The van der Waals surface area contributed by atoms with Crippen LogP contribution >= 0.6 is 0 Å². The van der Waals surface area contributed by atoms with E-state index in [0.29, 0.717) is 34.2 Å². The summed E-state index contributed by atoms with van der Waals surface area (Å²) in [6.45, 7) is 5.54. The number of pyridine rings is 1. The number of piperazine rings is 1. The number of benzene rings is 1. The summed E-state index contributed by atoms with van der Waals surface area (Å²) in [6.07, 6.45) is 3.49. The molecule has 1 aliphatic heterocycles. The number of nitrogens with one attached hydrogen (secondary N) is 1. The molecule has 0 radical (unpaired) electrons. The van der Waals surface area contributed by atoms with Crippen molar-refractivity contribution in [3.8, 4) is 6.07 Å². The van der Waals surface area contributed by atoms with Crippen LogP contribution in [0.5, 0.6) is 0 Å². The molecule has 3 saturated carbocycles. The van der Waals surface area contributed by atoms with Crippen molar-refractivity contribution < 1.29 is 4.39 Å². The Balaban J connectivity index is 1.34. The first-order chi connectivity index (χ1) is 16.4. The Labute approximate surface area is 196 Å². The first-order valence-corrected chi connectivity index (χ1v) is 11.7. The van der Waals surface area contributed by atoms with Crippen molar-refractivity contribution in [1.82, 2.24) is 19.4 Å². The van der Waals surface area contributed by atoms with Gasteiger partial charge in [0.05, 0.1) is 11.2 Å². The maximum Gasteiger partial charge on any atom is 0.270 e. The highest BCUT2D eigenvalue weighted by molar-refractivity contribution is 5.78. The lowest BCUT2D eigenvalue weighted by molar-refractivity contribution is -0.162. The van der Waals surface area contributed by atoms with Gasteiger partial charge in [-0.15, -0.1) is 0 Å². The molecule has 8 nitrogen and oxygen atoms in total. The third kappa shape index (κ3) is 3.02. The molecule has 3 aliphatic carbocycles. The van der Waals surface area contributed by atoms with Crippen LogP contribution in [0.2, 0.25) is 0 Å². The summed E-state index contributed by atoms with van der Waals surface area (Å²) >= 11 is 0. The van der Waals surface area contributed by atoms with Crippen molar-refractivity contribution in [2.45, 2.75) is 25.3 Å². The smallest absolute Gasteiger partial charge is 0.270 e. The molecular formula is C25H26FN7O. The second-order valence-corrected chi connectivity index (χ2v) is 9.93. The van der Waals surface area contributed by atoms with Gasteiger partial charge in [0.25, 0.3) is 5.56 Å². The van der Waals surface area contributed by atoms with E-state index in [0.717, 1.165) is 39.0 Å². The van der Waals surface area contributed by atoms with Crippen LogP contribution in [0.25, 0.3) is 11.0 Å². The summed E-state index contributed by atoms with van der Waals surface area (Å²) in [6, 6.07) is 8.63. The monoisotopic (exact) mass is 459 g/mol. The maximum atomic E-state index is 14.9. The highest BCUT2D eigenvalue weighted by Crippen LogP contribution is 2.66. The molecule has 1 atom stereocenters. The molecule has 2 aromatic heterocycles. The van der Waals surface area contributed by atoms with Crippen LogP contribution in [0, 0.1) is 29.0 Å². The lowest BCUT2D eigenvalue weighted by Gasteiger charge is -2.67. The number of hydrogen-bond acceptors (Lipinski definition) is 7. The van der Waals surface area contributed by atoms with Crippen LogP contribution in [0.4, 0.5) is 21.7 Å². The van der Waals surface area contributed by atoms with Gasteiger partial charge in [-0.2, -0.15) is 10.2 Å². The summed E-state index contributed by atoms with van der Waals surface area (Å²) in [7, 11) is 2.07. The molecule has 0 amide bonds. The van der Waals surface area contributed by atoms with Gasteiger partial charge >= 0.3 is 0 Å². The first-order valence-electron chi connectivity index (χ1n) is 11.7. The fourth-order valence-electron chi connectivity index (χ4n) is 5.75. The molecule has 1 aromatic carbocycles. The number of likely N-dealkylation sites (N-methyl/N-ethyl adjacent to an activating group) is 1. The second-order valence-electron chi connectivity index (χ2n) is 9.93. The fraction of sp³-hybridized carbons (Fsp3) is 0.440. The summed E-state index contributed by atoms with van der Waals surface area (Å²) in [5.74, 6) is 1.00. The standard InChI is InChI=1S/C25H26FN7O/c1-15-18-11-25(15,12-18)33-22-17(9-16(13-27)23(33)34)14-28-24(30-22)29-19-3-4-21(20(26)10-19)32-7-5-31(2)6-8-32/h3-4,9-10,14-15,18H,5-8,11-12H2,1-2H3,(H,28,29,30)/t15-,18?,25?/m1/s1. The van der Waals surface area contributed by atoms with E-state index < -0.39 is 0 Å². The Hall–Kier alpha value is -3.51. The molecule has 1 N–H and O–H groups in total. The van der Waals surface area contributed by atoms with Gasteiger partial charge in [0, 0.05) is 43.4 Å². The predicted octanol–water partition coefficient (Wildman–Crippen LogP) is 3.05. The molecule has 4 fully saturated rings. The summed E-state index contributed by atoms with van der Waals surface area (Å²) < 4.78 is 16.7. The van der Waals surface area contributed by atoms with Crippen LogP contribution < -0.4 is 15.8 Å². The van der Waals surface area contributed by atoms with Gasteiger partial charge in [0.1, 0.15) is 23.1 Å². The van der Waals surface area contributed by atoms with Crippen molar-refractivity contribution in [3.63, 3.8) is 0 Å². The minimum atomic E-state index is -0.299. The number of nitrogens with zero attached hydrogens (tertiary/aromatic N) is 6. The van der Waals surface area contributed by atoms with E-state index >= 15 is 0 Å². The average Bonchev–Trinajstić information content (AvgIpc) is 2.80. The molecule has 3 heterocycles. The minimum Gasteiger partial charge on any atom is -0.367 e. The highest BCUT2D eigenvalue weighted by Gasteiger charge is 2.65. The molecule has 9 heteroatoms. The third-order valence-electron chi connectivity index (χ3n) is 8.14. The fourth-order valence-corrected chi connectivity index (χ4v) is 5.75. The molecule has 0 spiro atoms. The zero-order valence-corrected chi connectivity index (χ0v) is 19.3. The molecule has 7 rings (SSSR count). The van der Waals surface area contributed by atoms with E-state index in [2.05, 4.69) is 39.1 Å². The van der Waals surface area contributed by atoms with Gasteiger partial charge in [-0.1, -0.05) is 6.92 Å². The number of aromatic nitrogens is 3. The van der Waals surface area contributed by atoms with E-state index in [4.69, 9.17) is 0 Å². The van der Waals surface area contributed by atoms with E-state index in [9.17, 15) is 14.4 Å². The lowest BCUT2D eigenvalue weighted by Crippen LogP contribution is -2.69. The SMILES string of the molecule is C[C@@H]1C2CC1(n1c(=O)c(C#N)cc3cnc(Nc4ccc(N5CCN(C)CC5)c(F)c4)nc31)C2. The Morgan fingerprint density at radius 2 is 1.97 bits per heavy atom. The van der Waals surface area contributed by atoms with Crippen LogP contribution in [0.3, 0.4) is 0 Å². The number of hydrogen-bond donors (Lipinski definition) is 1. The van der Waals surface area contributed by atoms with Crippen LogP contribution in [-0.4, -0.2) is 52.7 Å². The Bertz CT molecular complexity index is 1400. The van der Waals surface area contributed by atoms with Crippen LogP contribution in [-0.2, 0) is 5.54 Å². The molecule has 4 aliphatic rings. The molecule has 0 unspecified atom stereocenters. The number of fused-ring (bicyclic) bond motifs is 1. The molecule has 34 heavy (non-hydrogen) atoms. The normalized spacial score (nSPS) is 26.0. The van der Waals surface area contributed by atoms with E-state index in [1.807, 2.05) is 12.1 Å². The van der Waals surface area contributed by atoms with Crippen molar-refractivity contribution >= 4 is 28.4 Å². The van der Waals surface area contributed by atoms with Crippen LogP contribution in [0.1, 0.15) is 25.3 Å². The highest BCUT2D eigenvalue weighted by atomic mass is 19.1. The Morgan fingerprint density at radius 1 is 1.21 bits per heavy atom. The summed E-state index contributed by atoms with van der Waals surface area (Å²) in [4.78, 5) is 26.5. The van der Waals surface area contributed by atoms with Crippen molar-refractivity contribution in [3.05, 3.63) is 52.2 Å². The minimum absolute atomic E-state index is 0.107. The van der Waals surface area contributed by atoms with Gasteiger partial charge in [-0.25, -0.2) is 9.37 Å². The van der Waals surface area contributed by atoms with Crippen LogP contribution in [0.15, 0.2) is 35.3 Å². The zero-order valence-electron chi connectivity index (χ0n) is 19.3. The van der Waals surface area contributed by atoms with Crippen molar-refractivity contribution in [2.75, 3.05) is 43.4 Å². The Morgan fingerprint density at radius 3 is 2.59 bits per heavy atom. The number of nitriles is 1. The topological polar surface area (TPSA) is 90.1 Å². The van der Waals surface area contributed by atoms with Gasteiger partial charge in [0.2, 0.25) is 5.95 Å². The zero-order chi connectivity index (χ0) is 23.6. The lowest BCUT2D eigenvalue weighted by atomic mass is 9.42. The molecule has 1 saturated heterocycles. The number of halogens is 1. The largest absolute Gasteiger partial charge is 0.367 e. The molecule has 2 bridgehead atoms. The van der Waals surface area contributed by atoms with Crippen molar-refractivity contribution in [2.24, 2.45) is 11.8 Å². The molecular weight excluding hydrogens is 433 g/mol. The van der Waals surface area contributed by atoms with Crippen molar-refractivity contribution in [1.29, 1.82) is 5.26 Å². The van der Waals surface area contributed by atoms with E-state index in [1.165, 1.54) is 6.07 Å². The molecule has 3 aromatic rings. The predicted molar refractivity (Wildman–Crippen MR) is 128 cm³/mol.